The Balaban J connectivity index is 2.58. The molecule has 1 aromatic carbocycles. The summed E-state index contributed by atoms with van der Waals surface area (Å²) in [5.41, 5.74) is -0.845. The van der Waals surface area contributed by atoms with E-state index < -0.39 is 17.1 Å². The highest BCUT2D eigenvalue weighted by Crippen LogP contribution is 2.29. The first-order valence-corrected chi connectivity index (χ1v) is 7.28. The van der Waals surface area contributed by atoms with Gasteiger partial charge in [0.15, 0.2) is 0 Å². The van der Waals surface area contributed by atoms with E-state index in [1.54, 1.807) is 13.8 Å². The van der Waals surface area contributed by atoms with Crippen molar-refractivity contribution < 1.29 is 14.2 Å². The molecule has 0 spiro atoms. The van der Waals surface area contributed by atoms with Crippen molar-refractivity contribution in [1.29, 1.82) is 0 Å². The summed E-state index contributed by atoms with van der Waals surface area (Å²) < 4.78 is 21.9. The lowest BCUT2D eigenvalue weighted by molar-refractivity contribution is 0.0283. The third-order valence-electron chi connectivity index (χ3n) is 3.23. The van der Waals surface area contributed by atoms with E-state index in [-0.39, 0.29) is 24.0 Å². The first kappa shape index (κ1) is 17.1. The summed E-state index contributed by atoms with van der Waals surface area (Å²) in [4.78, 5) is 12.1. The lowest BCUT2D eigenvalue weighted by Crippen LogP contribution is -2.29. The van der Waals surface area contributed by atoms with Gasteiger partial charge in [0.1, 0.15) is 23.9 Å². The van der Waals surface area contributed by atoms with Crippen LogP contribution < -0.4 is 10.4 Å². The van der Waals surface area contributed by atoms with Gasteiger partial charge in [-0.2, -0.15) is 9.36 Å². The zero-order valence-corrected chi connectivity index (χ0v) is 13.9. The third-order valence-corrected chi connectivity index (χ3v) is 3.23. The van der Waals surface area contributed by atoms with Gasteiger partial charge in [0.05, 0.1) is 5.60 Å². The molecule has 0 aliphatic rings. The zero-order valence-electron chi connectivity index (χ0n) is 13.9. The Kier molecular flexibility index (Phi) is 4.56. The van der Waals surface area contributed by atoms with Gasteiger partial charge in [-0.05, 0) is 41.8 Å². The highest BCUT2D eigenvalue weighted by Gasteiger charge is 2.20. The molecule has 0 amide bonds. The van der Waals surface area contributed by atoms with E-state index in [1.807, 2.05) is 13.8 Å². The lowest BCUT2D eigenvalue weighted by atomic mass is 10.0. The normalized spacial score (nSPS) is 12.0. The molecule has 7 nitrogen and oxygen atoms in total. The molecular weight excluding hydrogens is 303 g/mol. The van der Waals surface area contributed by atoms with Gasteiger partial charge in [-0.1, -0.05) is 13.8 Å². The van der Waals surface area contributed by atoms with Crippen LogP contribution in [0.4, 0.5) is 4.39 Å². The Labute approximate surface area is 133 Å². The summed E-state index contributed by atoms with van der Waals surface area (Å²) >= 11 is 0. The molecule has 1 N–H and O–H groups in total. The molecule has 0 aliphatic carbocycles. The number of hydrogen-bond donors (Lipinski definition) is 1. The number of aliphatic hydroxyl groups is 1. The zero-order chi connectivity index (χ0) is 17.4. The van der Waals surface area contributed by atoms with E-state index in [0.717, 1.165) is 9.36 Å². The molecule has 0 unspecified atom stereocenters. The monoisotopic (exact) mass is 324 g/mol. The van der Waals surface area contributed by atoms with Gasteiger partial charge in [0.25, 0.3) is 0 Å². The number of hydrogen-bond acceptors (Lipinski definition) is 5. The molecule has 0 saturated heterocycles. The van der Waals surface area contributed by atoms with Gasteiger partial charge in [-0.3, -0.25) is 0 Å². The smallest absolute Gasteiger partial charge is 0.368 e. The number of ether oxygens (including phenoxy) is 1. The molecule has 23 heavy (non-hydrogen) atoms. The molecule has 0 bridgehead atoms. The van der Waals surface area contributed by atoms with Crippen LogP contribution in [0.5, 0.6) is 5.75 Å². The summed E-state index contributed by atoms with van der Waals surface area (Å²) in [7, 11) is 1.47. The number of tetrazole rings is 1. The molecule has 8 heteroatoms. The summed E-state index contributed by atoms with van der Waals surface area (Å²) in [5, 5.41) is 17.2. The van der Waals surface area contributed by atoms with Gasteiger partial charge in [-0.25, -0.2) is 9.18 Å². The highest BCUT2D eigenvalue weighted by atomic mass is 19.1. The minimum absolute atomic E-state index is 0.0600. The summed E-state index contributed by atoms with van der Waals surface area (Å²) in [6, 6.07) is 2.73. The Morgan fingerprint density at radius 1 is 1.35 bits per heavy atom. The van der Waals surface area contributed by atoms with Crippen LogP contribution in [0, 0.1) is 5.82 Å². The molecule has 0 fully saturated rings. The lowest BCUT2D eigenvalue weighted by Gasteiger charge is -2.20. The van der Waals surface area contributed by atoms with Crippen molar-refractivity contribution in [2.24, 2.45) is 7.05 Å². The number of halogens is 1. The second-order valence-electron chi connectivity index (χ2n) is 6.39. The molecule has 1 heterocycles. The van der Waals surface area contributed by atoms with Crippen LogP contribution in [-0.2, 0) is 7.05 Å². The Morgan fingerprint density at radius 2 is 2.00 bits per heavy atom. The van der Waals surface area contributed by atoms with Crippen LogP contribution in [0.3, 0.4) is 0 Å². The maximum absolute atomic E-state index is 14.3. The van der Waals surface area contributed by atoms with Gasteiger partial charge >= 0.3 is 5.69 Å². The van der Waals surface area contributed by atoms with E-state index >= 15 is 0 Å². The van der Waals surface area contributed by atoms with Crippen molar-refractivity contribution in [3.05, 3.63) is 34.0 Å². The standard InChI is InChI=1S/C15H21FN4O3/c1-9(2)10-6-12(20-14(21)19(5)17-18-20)13(7-11(10)16)23-8-15(3,4)22/h6-7,9,22H,8H2,1-5H3. The minimum Gasteiger partial charge on any atom is -0.488 e. The highest BCUT2D eigenvalue weighted by molar-refractivity contribution is 5.49. The first-order chi connectivity index (χ1) is 10.6. The van der Waals surface area contributed by atoms with E-state index in [4.69, 9.17) is 4.74 Å². The minimum atomic E-state index is -1.10. The summed E-state index contributed by atoms with van der Waals surface area (Å²) in [5.74, 6) is -0.396. The predicted octanol–water partition coefficient (Wildman–Crippen LogP) is 1.38. The molecule has 2 rings (SSSR count). The Morgan fingerprint density at radius 3 is 2.48 bits per heavy atom. The number of nitrogens with zero attached hydrogens (tertiary/aromatic N) is 4. The number of aromatic nitrogens is 4. The van der Waals surface area contributed by atoms with Crippen molar-refractivity contribution in [1.82, 2.24) is 19.8 Å². The molecule has 2 aromatic rings. The SMILES string of the molecule is CC(C)c1cc(-n2nnn(C)c2=O)c(OCC(C)(C)O)cc1F. The Bertz CT molecular complexity index is 759. The van der Waals surface area contributed by atoms with Crippen LogP contribution in [-0.4, -0.2) is 37.1 Å². The number of rotatable bonds is 5. The molecule has 0 radical (unpaired) electrons. The number of benzene rings is 1. The first-order valence-electron chi connectivity index (χ1n) is 7.28. The maximum Gasteiger partial charge on any atom is 0.368 e. The second kappa shape index (κ2) is 6.11. The van der Waals surface area contributed by atoms with Crippen molar-refractivity contribution in [3.63, 3.8) is 0 Å². The predicted molar refractivity (Wildman–Crippen MR) is 82.4 cm³/mol. The fraction of sp³-hybridized carbons (Fsp3) is 0.533. The molecule has 0 saturated carbocycles. The summed E-state index contributed by atoms with van der Waals surface area (Å²) in [6.45, 7) is 6.77. The van der Waals surface area contributed by atoms with Crippen LogP contribution in [0.2, 0.25) is 0 Å². The average Bonchev–Trinajstić information content (AvgIpc) is 2.76. The molecule has 0 aliphatic heterocycles. The van der Waals surface area contributed by atoms with E-state index in [2.05, 4.69) is 10.4 Å². The van der Waals surface area contributed by atoms with Gasteiger partial charge in [-0.15, -0.1) is 0 Å². The number of aryl methyl sites for hydroxylation is 1. The summed E-state index contributed by atoms with van der Waals surface area (Å²) in [6.07, 6.45) is 0. The largest absolute Gasteiger partial charge is 0.488 e. The van der Waals surface area contributed by atoms with E-state index in [0.29, 0.717) is 5.56 Å². The van der Waals surface area contributed by atoms with Crippen molar-refractivity contribution in [3.8, 4) is 11.4 Å². The maximum atomic E-state index is 14.3. The Hall–Kier alpha value is -2.22. The average molecular weight is 324 g/mol. The molecule has 126 valence electrons. The van der Waals surface area contributed by atoms with Gasteiger partial charge < -0.3 is 9.84 Å². The van der Waals surface area contributed by atoms with E-state index in [1.165, 1.54) is 19.2 Å². The third kappa shape index (κ3) is 3.76. The topological polar surface area (TPSA) is 82.2 Å². The van der Waals surface area contributed by atoms with Crippen LogP contribution in [0.1, 0.15) is 39.2 Å². The van der Waals surface area contributed by atoms with Crippen molar-refractivity contribution in [2.75, 3.05) is 6.61 Å². The fourth-order valence-electron chi connectivity index (χ4n) is 2.00. The van der Waals surface area contributed by atoms with Gasteiger partial charge in [0.2, 0.25) is 0 Å². The second-order valence-corrected chi connectivity index (χ2v) is 6.39. The van der Waals surface area contributed by atoms with Crippen molar-refractivity contribution in [2.45, 2.75) is 39.2 Å². The van der Waals surface area contributed by atoms with Crippen LogP contribution >= 0.6 is 0 Å². The van der Waals surface area contributed by atoms with Gasteiger partial charge in [0, 0.05) is 13.1 Å². The van der Waals surface area contributed by atoms with Crippen molar-refractivity contribution >= 4 is 0 Å². The van der Waals surface area contributed by atoms with E-state index in [9.17, 15) is 14.3 Å². The molecular formula is C15H21FN4O3. The quantitative estimate of drug-likeness (QED) is 0.898. The van der Waals surface area contributed by atoms with Crippen LogP contribution in [0.15, 0.2) is 16.9 Å². The van der Waals surface area contributed by atoms with Crippen LogP contribution in [0.25, 0.3) is 5.69 Å². The molecule has 1 aromatic heterocycles. The molecule has 0 atom stereocenters. The fourth-order valence-corrected chi connectivity index (χ4v) is 2.00.